The predicted octanol–water partition coefficient (Wildman–Crippen LogP) is 2.73. The standard InChI is InChI=1S/C19H21NO4/c1-22-16-10-14-8-9-20-18(15(14)11-17(16)23-2)12-4-6-13(7-5-12)19(21)24-3/h4-7,10-11,18,20H,8-9H2,1-3H3/t18-/m1/s1. The molecule has 0 spiro atoms. The third-order valence-corrected chi connectivity index (χ3v) is 4.36. The van der Waals surface area contributed by atoms with Crippen LogP contribution in [0, 0.1) is 0 Å². The molecule has 1 atom stereocenters. The monoisotopic (exact) mass is 327 g/mol. The van der Waals surface area contributed by atoms with E-state index < -0.39 is 0 Å². The number of benzene rings is 2. The Bertz CT molecular complexity index is 740. The smallest absolute Gasteiger partial charge is 0.337 e. The van der Waals surface area contributed by atoms with Gasteiger partial charge in [-0.15, -0.1) is 0 Å². The largest absolute Gasteiger partial charge is 0.493 e. The second-order valence-electron chi connectivity index (χ2n) is 5.66. The fourth-order valence-electron chi connectivity index (χ4n) is 3.11. The summed E-state index contributed by atoms with van der Waals surface area (Å²) in [5, 5.41) is 3.53. The molecular weight excluding hydrogens is 306 g/mol. The molecule has 0 aliphatic carbocycles. The van der Waals surface area contributed by atoms with Crippen molar-refractivity contribution in [1.82, 2.24) is 5.32 Å². The lowest BCUT2D eigenvalue weighted by Crippen LogP contribution is -2.30. The van der Waals surface area contributed by atoms with E-state index in [0.29, 0.717) is 5.56 Å². The van der Waals surface area contributed by atoms with Crippen LogP contribution in [0.25, 0.3) is 0 Å². The van der Waals surface area contributed by atoms with Crippen molar-refractivity contribution in [3.05, 3.63) is 58.7 Å². The maximum atomic E-state index is 11.6. The molecule has 1 aliphatic rings. The Labute approximate surface area is 141 Å². The Kier molecular flexibility index (Phi) is 4.71. The normalized spacial score (nSPS) is 16.2. The van der Waals surface area contributed by atoms with E-state index in [2.05, 4.69) is 5.32 Å². The molecule has 0 aromatic heterocycles. The maximum Gasteiger partial charge on any atom is 0.337 e. The average Bonchev–Trinajstić information content (AvgIpc) is 2.65. The van der Waals surface area contributed by atoms with Crippen molar-refractivity contribution < 1.29 is 19.0 Å². The minimum Gasteiger partial charge on any atom is -0.493 e. The summed E-state index contributed by atoms with van der Waals surface area (Å²) in [6.07, 6.45) is 0.937. The summed E-state index contributed by atoms with van der Waals surface area (Å²) < 4.78 is 15.6. The predicted molar refractivity (Wildman–Crippen MR) is 90.9 cm³/mol. The molecule has 1 N–H and O–H groups in total. The lowest BCUT2D eigenvalue weighted by Gasteiger charge is -2.28. The van der Waals surface area contributed by atoms with Gasteiger partial charge in [0.2, 0.25) is 0 Å². The topological polar surface area (TPSA) is 56.8 Å². The Morgan fingerprint density at radius 2 is 1.71 bits per heavy atom. The van der Waals surface area contributed by atoms with Gasteiger partial charge in [0.05, 0.1) is 32.9 Å². The highest BCUT2D eigenvalue weighted by Crippen LogP contribution is 2.37. The molecule has 126 valence electrons. The number of rotatable bonds is 4. The lowest BCUT2D eigenvalue weighted by molar-refractivity contribution is 0.0600. The highest BCUT2D eigenvalue weighted by Gasteiger charge is 2.24. The van der Waals surface area contributed by atoms with Gasteiger partial charge in [-0.1, -0.05) is 12.1 Å². The number of fused-ring (bicyclic) bond motifs is 1. The van der Waals surface area contributed by atoms with Crippen LogP contribution in [-0.4, -0.2) is 33.8 Å². The molecule has 0 unspecified atom stereocenters. The van der Waals surface area contributed by atoms with Crippen LogP contribution in [0.4, 0.5) is 0 Å². The number of carbonyl (C=O) groups is 1. The number of carbonyl (C=O) groups excluding carboxylic acids is 1. The van der Waals surface area contributed by atoms with Crippen molar-refractivity contribution in [1.29, 1.82) is 0 Å². The minimum atomic E-state index is -0.329. The van der Waals surface area contributed by atoms with Crippen LogP contribution in [0.15, 0.2) is 36.4 Å². The summed E-state index contributed by atoms with van der Waals surface area (Å²) in [6, 6.07) is 11.6. The van der Waals surface area contributed by atoms with E-state index in [1.807, 2.05) is 24.3 Å². The summed E-state index contributed by atoms with van der Waals surface area (Å²) in [5.74, 6) is 1.14. The van der Waals surface area contributed by atoms with Gasteiger partial charge in [0, 0.05) is 6.54 Å². The van der Waals surface area contributed by atoms with E-state index in [1.54, 1.807) is 26.4 Å². The van der Waals surface area contributed by atoms with Crippen LogP contribution < -0.4 is 14.8 Å². The zero-order valence-corrected chi connectivity index (χ0v) is 14.1. The van der Waals surface area contributed by atoms with Crippen molar-refractivity contribution >= 4 is 5.97 Å². The van der Waals surface area contributed by atoms with Gasteiger partial charge >= 0.3 is 5.97 Å². The number of ether oxygens (including phenoxy) is 3. The molecule has 0 saturated heterocycles. The molecule has 0 saturated carbocycles. The Balaban J connectivity index is 1.98. The molecule has 5 heteroatoms. The molecule has 0 radical (unpaired) electrons. The molecule has 0 bridgehead atoms. The number of hydrogen-bond donors (Lipinski definition) is 1. The van der Waals surface area contributed by atoms with Crippen LogP contribution >= 0.6 is 0 Å². The van der Waals surface area contributed by atoms with Gasteiger partial charge in [-0.05, 0) is 47.4 Å². The lowest BCUT2D eigenvalue weighted by atomic mass is 9.89. The molecule has 24 heavy (non-hydrogen) atoms. The van der Waals surface area contributed by atoms with E-state index >= 15 is 0 Å². The second-order valence-corrected chi connectivity index (χ2v) is 5.66. The van der Waals surface area contributed by atoms with Crippen LogP contribution in [0.2, 0.25) is 0 Å². The minimum absolute atomic E-state index is 0.0558. The van der Waals surface area contributed by atoms with Crippen molar-refractivity contribution in [3.63, 3.8) is 0 Å². The summed E-state index contributed by atoms with van der Waals surface area (Å²) in [6.45, 7) is 0.881. The quantitative estimate of drug-likeness (QED) is 0.875. The van der Waals surface area contributed by atoms with E-state index in [-0.39, 0.29) is 12.0 Å². The fraction of sp³-hybridized carbons (Fsp3) is 0.316. The van der Waals surface area contributed by atoms with Crippen LogP contribution in [0.5, 0.6) is 11.5 Å². The second kappa shape index (κ2) is 6.93. The van der Waals surface area contributed by atoms with Gasteiger partial charge in [-0.25, -0.2) is 4.79 Å². The molecule has 2 aromatic rings. The van der Waals surface area contributed by atoms with Gasteiger partial charge in [-0.2, -0.15) is 0 Å². The molecule has 1 aliphatic heterocycles. The van der Waals surface area contributed by atoms with Crippen LogP contribution in [0.3, 0.4) is 0 Å². The summed E-state index contributed by atoms with van der Waals surface area (Å²) in [4.78, 5) is 11.6. The van der Waals surface area contributed by atoms with E-state index in [9.17, 15) is 4.79 Å². The van der Waals surface area contributed by atoms with Crippen molar-refractivity contribution in [2.45, 2.75) is 12.5 Å². The molecule has 2 aromatic carbocycles. The molecule has 0 amide bonds. The summed E-state index contributed by atoms with van der Waals surface area (Å²) >= 11 is 0. The van der Waals surface area contributed by atoms with Crippen LogP contribution in [-0.2, 0) is 11.2 Å². The third kappa shape index (κ3) is 2.95. The van der Waals surface area contributed by atoms with E-state index in [1.165, 1.54) is 18.2 Å². The number of esters is 1. The van der Waals surface area contributed by atoms with E-state index in [4.69, 9.17) is 14.2 Å². The highest BCUT2D eigenvalue weighted by atomic mass is 16.5. The van der Waals surface area contributed by atoms with Gasteiger partial charge in [0.15, 0.2) is 11.5 Å². The molecule has 0 fully saturated rings. The van der Waals surface area contributed by atoms with Crippen molar-refractivity contribution in [2.75, 3.05) is 27.9 Å². The molecule has 5 nitrogen and oxygen atoms in total. The van der Waals surface area contributed by atoms with E-state index in [0.717, 1.165) is 30.0 Å². The van der Waals surface area contributed by atoms with Crippen molar-refractivity contribution in [3.8, 4) is 11.5 Å². The first-order chi connectivity index (χ1) is 11.7. The Morgan fingerprint density at radius 1 is 1.04 bits per heavy atom. The van der Waals surface area contributed by atoms with Crippen molar-refractivity contribution in [2.24, 2.45) is 0 Å². The zero-order chi connectivity index (χ0) is 17.1. The summed E-state index contributed by atoms with van der Waals surface area (Å²) in [7, 11) is 4.67. The summed E-state index contributed by atoms with van der Waals surface area (Å²) in [5.41, 5.74) is 4.05. The zero-order valence-electron chi connectivity index (χ0n) is 14.1. The Hall–Kier alpha value is -2.53. The first-order valence-electron chi connectivity index (χ1n) is 7.84. The third-order valence-electron chi connectivity index (χ3n) is 4.36. The van der Waals surface area contributed by atoms with Gasteiger partial charge in [-0.3, -0.25) is 0 Å². The van der Waals surface area contributed by atoms with Gasteiger partial charge in [0.25, 0.3) is 0 Å². The number of methoxy groups -OCH3 is 3. The van der Waals surface area contributed by atoms with Gasteiger partial charge < -0.3 is 19.5 Å². The highest BCUT2D eigenvalue weighted by molar-refractivity contribution is 5.89. The first kappa shape index (κ1) is 16.3. The maximum absolute atomic E-state index is 11.6. The fourth-order valence-corrected chi connectivity index (χ4v) is 3.11. The molecular formula is C19H21NO4. The molecule has 3 rings (SSSR count). The Morgan fingerprint density at radius 3 is 2.33 bits per heavy atom. The average molecular weight is 327 g/mol. The number of hydrogen-bond acceptors (Lipinski definition) is 5. The SMILES string of the molecule is COC(=O)c1ccc([C@H]2NCCc3cc(OC)c(OC)cc32)cc1. The first-order valence-corrected chi connectivity index (χ1v) is 7.84. The van der Waals surface area contributed by atoms with Gasteiger partial charge in [0.1, 0.15) is 0 Å². The van der Waals surface area contributed by atoms with Crippen LogP contribution in [0.1, 0.15) is 33.1 Å². The number of nitrogens with one attached hydrogen (secondary N) is 1. The molecule has 1 heterocycles.